The first-order chi connectivity index (χ1) is 13.8. The van der Waals surface area contributed by atoms with Crippen LogP contribution in [0.5, 0.6) is 0 Å². The largest absolute Gasteiger partial charge is 0.459 e. The van der Waals surface area contributed by atoms with Crippen LogP contribution < -0.4 is 5.32 Å². The number of anilines is 1. The first-order valence-electron chi connectivity index (χ1n) is 9.38. The quantitative estimate of drug-likeness (QED) is 0.293. The molecular formula is C20H21ClN2O5S. The molecule has 0 aliphatic heterocycles. The second kappa shape index (κ2) is 8.92. The first-order valence-corrected chi connectivity index (χ1v) is 10.6. The zero-order valence-electron chi connectivity index (χ0n) is 16.1. The fraction of sp³-hybridized carbons (Fsp3) is 0.400. The molecule has 0 saturated heterocycles. The Morgan fingerprint density at radius 3 is 2.66 bits per heavy atom. The van der Waals surface area contributed by atoms with Crippen LogP contribution in [0.3, 0.4) is 0 Å². The molecule has 154 valence electrons. The van der Waals surface area contributed by atoms with Gasteiger partial charge in [-0.25, -0.2) is 4.79 Å². The van der Waals surface area contributed by atoms with E-state index in [0.717, 1.165) is 48.6 Å². The molecule has 0 radical (unpaired) electrons. The second-order valence-electron chi connectivity index (χ2n) is 7.10. The van der Waals surface area contributed by atoms with Crippen LogP contribution in [0.4, 0.5) is 10.7 Å². The highest BCUT2D eigenvalue weighted by Gasteiger charge is 2.29. The normalized spacial score (nSPS) is 13.5. The van der Waals surface area contributed by atoms with Gasteiger partial charge in [-0.05, 0) is 57.2 Å². The number of halogens is 1. The lowest BCUT2D eigenvalue weighted by Gasteiger charge is -2.11. The molecule has 3 rings (SSSR count). The number of fused-ring (bicyclic) bond motifs is 1. The summed E-state index contributed by atoms with van der Waals surface area (Å²) < 4.78 is 5.40. The van der Waals surface area contributed by atoms with Gasteiger partial charge < -0.3 is 10.1 Å². The van der Waals surface area contributed by atoms with Gasteiger partial charge in [0, 0.05) is 16.0 Å². The van der Waals surface area contributed by atoms with Crippen molar-refractivity contribution in [2.75, 3.05) is 5.32 Å². The van der Waals surface area contributed by atoms with Gasteiger partial charge in [0.1, 0.15) is 10.6 Å². The van der Waals surface area contributed by atoms with Gasteiger partial charge in [0.2, 0.25) is 0 Å². The van der Waals surface area contributed by atoms with Crippen molar-refractivity contribution in [3.63, 3.8) is 0 Å². The van der Waals surface area contributed by atoms with Crippen molar-refractivity contribution in [2.24, 2.45) is 0 Å². The first kappa shape index (κ1) is 21.3. The lowest BCUT2D eigenvalue weighted by atomic mass is 10.1. The molecule has 1 heterocycles. The number of amides is 1. The molecule has 0 bridgehead atoms. The topological polar surface area (TPSA) is 98.5 Å². The van der Waals surface area contributed by atoms with E-state index in [1.54, 1.807) is 13.8 Å². The molecule has 29 heavy (non-hydrogen) atoms. The Bertz CT molecular complexity index is 970. The lowest BCUT2D eigenvalue weighted by molar-refractivity contribution is -0.385. The molecule has 0 atom stereocenters. The smallest absolute Gasteiger partial charge is 0.341 e. The number of nitrogens with zero attached hydrogens (tertiary/aromatic N) is 1. The van der Waals surface area contributed by atoms with Crippen molar-refractivity contribution in [1.29, 1.82) is 0 Å². The number of rotatable bonds is 5. The summed E-state index contributed by atoms with van der Waals surface area (Å²) in [5.74, 6) is -1.15. The SMILES string of the molecule is CC(C)OC(=O)c1c(NC(=O)c2ccc(Cl)cc2[N+](=O)[O-])sc2c1CCCCC2. The van der Waals surface area contributed by atoms with Crippen LogP contribution >= 0.6 is 22.9 Å². The maximum Gasteiger partial charge on any atom is 0.341 e. The summed E-state index contributed by atoms with van der Waals surface area (Å²) in [6, 6.07) is 3.86. The van der Waals surface area contributed by atoms with Crippen LogP contribution in [0.25, 0.3) is 0 Å². The van der Waals surface area contributed by atoms with Gasteiger partial charge in [0.15, 0.2) is 0 Å². The van der Waals surface area contributed by atoms with E-state index in [4.69, 9.17) is 16.3 Å². The van der Waals surface area contributed by atoms with Crippen LogP contribution in [-0.2, 0) is 17.6 Å². The van der Waals surface area contributed by atoms with E-state index in [9.17, 15) is 19.7 Å². The summed E-state index contributed by atoms with van der Waals surface area (Å²) in [6.07, 6.45) is 4.33. The van der Waals surface area contributed by atoms with Gasteiger partial charge >= 0.3 is 5.97 Å². The van der Waals surface area contributed by atoms with E-state index in [1.165, 1.54) is 23.5 Å². The number of esters is 1. The third-order valence-electron chi connectivity index (χ3n) is 4.60. The van der Waals surface area contributed by atoms with Crippen molar-refractivity contribution in [1.82, 2.24) is 0 Å². The monoisotopic (exact) mass is 436 g/mol. The van der Waals surface area contributed by atoms with Gasteiger partial charge in [-0.2, -0.15) is 0 Å². The van der Waals surface area contributed by atoms with Gasteiger partial charge in [-0.1, -0.05) is 18.0 Å². The van der Waals surface area contributed by atoms with Gasteiger partial charge in [-0.3, -0.25) is 14.9 Å². The fourth-order valence-electron chi connectivity index (χ4n) is 3.34. The number of carbonyl (C=O) groups excluding carboxylic acids is 2. The zero-order chi connectivity index (χ0) is 21.1. The molecule has 2 aromatic rings. The number of nitro groups is 1. The van der Waals surface area contributed by atoms with Gasteiger partial charge in [-0.15, -0.1) is 11.3 Å². The summed E-state index contributed by atoms with van der Waals surface area (Å²) >= 11 is 7.17. The van der Waals surface area contributed by atoms with Crippen LogP contribution in [0.15, 0.2) is 18.2 Å². The fourth-order valence-corrected chi connectivity index (χ4v) is 4.78. The minimum atomic E-state index is -0.664. The minimum absolute atomic E-state index is 0.119. The predicted octanol–water partition coefficient (Wildman–Crippen LogP) is 5.40. The van der Waals surface area contributed by atoms with Crippen molar-refractivity contribution in [3.8, 4) is 0 Å². The third kappa shape index (κ3) is 4.76. The maximum atomic E-state index is 12.8. The molecular weight excluding hydrogens is 416 g/mol. The Hall–Kier alpha value is -2.45. The molecule has 1 aromatic carbocycles. The summed E-state index contributed by atoms with van der Waals surface area (Å²) in [5.41, 5.74) is 0.773. The highest BCUT2D eigenvalue weighted by molar-refractivity contribution is 7.17. The average Bonchev–Trinajstić information content (AvgIpc) is 2.81. The molecule has 1 aliphatic rings. The maximum absolute atomic E-state index is 12.8. The Kier molecular flexibility index (Phi) is 6.54. The molecule has 0 spiro atoms. The Morgan fingerprint density at radius 1 is 1.24 bits per heavy atom. The molecule has 0 saturated carbocycles. The number of ether oxygens (including phenoxy) is 1. The number of benzene rings is 1. The predicted molar refractivity (Wildman–Crippen MR) is 112 cm³/mol. The minimum Gasteiger partial charge on any atom is -0.459 e. The van der Waals surface area contributed by atoms with Gasteiger partial charge in [0.25, 0.3) is 11.6 Å². The number of thiophene rings is 1. The average molecular weight is 437 g/mol. The number of hydrogen-bond donors (Lipinski definition) is 1. The molecule has 1 aliphatic carbocycles. The Morgan fingerprint density at radius 2 is 1.97 bits per heavy atom. The van der Waals surface area contributed by atoms with Crippen molar-refractivity contribution >= 4 is 45.5 Å². The van der Waals surface area contributed by atoms with E-state index in [1.807, 2.05) is 0 Å². The Labute approximate surface area is 177 Å². The highest BCUT2D eigenvalue weighted by atomic mass is 35.5. The van der Waals surface area contributed by atoms with Crippen molar-refractivity contribution in [2.45, 2.75) is 52.1 Å². The zero-order valence-corrected chi connectivity index (χ0v) is 17.7. The molecule has 1 amide bonds. The summed E-state index contributed by atoms with van der Waals surface area (Å²) in [4.78, 5) is 37.3. The van der Waals surface area contributed by atoms with Crippen LogP contribution in [-0.4, -0.2) is 22.9 Å². The number of nitro benzene ring substituents is 1. The lowest BCUT2D eigenvalue weighted by Crippen LogP contribution is -2.18. The molecule has 7 nitrogen and oxygen atoms in total. The Balaban J connectivity index is 2.00. The summed E-state index contributed by atoms with van der Waals surface area (Å²) in [6.45, 7) is 3.52. The molecule has 0 fully saturated rings. The number of aryl methyl sites for hydroxylation is 1. The van der Waals surface area contributed by atoms with Crippen LogP contribution in [0, 0.1) is 10.1 Å². The summed E-state index contributed by atoms with van der Waals surface area (Å²) in [5, 5.41) is 14.6. The highest BCUT2D eigenvalue weighted by Crippen LogP contribution is 2.38. The number of nitrogens with one attached hydrogen (secondary N) is 1. The van der Waals surface area contributed by atoms with E-state index < -0.39 is 16.8 Å². The number of carbonyl (C=O) groups is 2. The van der Waals surface area contributed by atoms with Crippen molar-refractivity contribution < 1.29 is 19.2 Å². The van der Waals surface area contributed by atoms with E-state index in [2.05, 4.69) is 5.32 Å². The number of hydrogen-bond acceptors (Lipinski definition) is 6. The molecule has 0 unspecified atom stereocenters. The standard InChI is InChI=1S/C20H21ClN2O5S/c1-11(2)28-20(25)17-14-6-4-3-5-7-16(14)29-19(17)22-18(24)13-9-8-12(21)10-15(13)23(26)27/h8-11H,3-7H2,1-2H3,(H,22,24). The van der Waals surface area contributed by atoms with Gasteiger partial charge in [0.05, 0.1) is 16.6 Å². The van der Waals surface area contributed by atoms with E-state index in [0.29, 0.717) is 10.6 Å². The van der Waals surface area contributed by atoms with Crippen LogP contribution in [0.1, 0.15) is 64.3 Å². The van der Waals surface area contributed by atoms with E-state index >= 15 is 0 Å². The molecule has 9 heteroatoms. The molecule has 1 aromatic heterocycles. The molecule has 1 N–H and O–H groups in total. The van der Waals surface area contributed by atoms with Crippen molar-refractivity contribution in [3.05, 3.63) is 54.9 Å². The third-order valence-corrected chi connectivity index (χ3v) is 6.04. The van der Waals surface area contributed by atoms with E-state index in [-0.39, 0.29) is 22.4 Å². The summed E-state index contributed by atoms with van der Waals surface area (Å²) in [7, 11) is 0. The second-order valence-corrected chi connectivity index (χ2v) is 8.64. The van der Waals surface area contributed by atoms with Crippen LogP contribution in [0.2, 0.25) is 5.02 Å².